The van der Waals surface area contributed by atoms with Crippen molar-refractivity contribution in [1.82, 2.24) is 4.90 Å². The van der Waals surface area contributed by atoms with E-state index in [0.29, 0.717) is 17.1 Å². The maximum absolute atomic E-state index is 12.5. The van der Waals surface area contributed by atoms with E-state index in [1.165, 1.54) is 0 Å². The number of likely N-dealkylation sites (tertiary alicyclic amines) is 1. The number of nitrogens with two attached hydrogens (primary N) is 1. The Balaban J connectivity index is 0.00000200. The lowest BCUT2D eigenvalue weighted by atomic mass is 9.79. The van der Waals surface area contributed by atoms with E-state index in [1.807, 2.05) is 24.0 Å². The minimum atomic E-state index is -0.0393. The minimum Gasteiger partial charge on any atom is -0.338 e. The average Bonchev–Trinajstić information content (AvgIpc) is 2.35. The van der Waals surface area contributed by atoms with Gasteiger partial charge in [0.25, 0.3) is 5.91 Å². The van der Waals surface area contributed by atoms with Crippen molar-refractivity contribution in [2.24, 2.45) is 11.1 Å². The zero-order valence-corrected chi connectivity index (χ0v) is 13.7. The molecule has 0 bridgehead atoms. The van der Waals surface area contributed by atoms with Crippen LogP contribution in [0.25, 0.3) is 0 Å². The molecule has 0 saturated carbocycles. The molecule has 1 heterocycles. The normalized spacial score (nSPS) is 21.2. The first-order chi connectivity index (χ1) is 8.81. The zero-order valence-electron chi connectivity index (χ0n) is 12.1. The molecule has 112 valence electrons. The Morgan fingerprint density at radius 3 is 2.65 bits per heavy atom. The van der Waals surface area contributed by atoms with Crippen molar-refractivity contribution >= 4 is 29.9 Å². The van der Waals surface area contributed by atoms with Gasteiger partial charge in [0, 0.05) is 29.7 Å². The van der Waals surface area contributed by atoms with Gasteiger partial charge in [-0.05, 0) is 36.5 Å². The van der Waals surface area contributed by atoms with Crippen LogP contribution in [0.3, 0.4) is 0 Å². The largest absolute Gasteiger partial charge is 0.338 e. The lowest BCUT2D eigenvalue weighted by Gasteiger charge is -2.42. The quantitative estimate of drug-likeness (QED) is 0.864. The molecule has 1 aliphatic heterocycles. The van der Waals surface area contributed by atoms with Crippen molar-refractivity contribution in [2.75, 3.05) is 13.1 Å². The van der Waals surface area contributed by atoms with Crippen LogP contribution in [-0.4, -0.2) is 29.9 Å². The highest BCUT2D eigenvalue weighted by molar-refractivity contribution is 6.31. The van der Waals surface area contributed by atoms with E-state index < -0.39 is 0 Å². The number of nitrogens with zero attached hydrogens (tertiary/aromatic N) is 1. The van der Waals surface area contributed by atoms with Gasteiger partial charge in [0.1, 0.15) is 0 Å². The summed E-state index contributed by atoms with van der Waals surface area (Å²) in [5.41, 5.74) is 7.70. The third kappa shape index (κ3) is 3.46. The van der Waals surface area contributed by atoms with E-state index >= 15 is 0 Å². The molecular formula is C15H22Cl2N2O. The summed E-state index contributed by atoms with van der Waals surface area (Å²) >= 11 is 6.09. The molecule has 1 atom stereocenters. The zero-order chi connectivity index (χ0) is 14.2. The number of piperidine rings is 1. The second kappa shape index (κ2) is 6.33. The molecule has 2 rings (SSSR count). The smallest absolute Gasteiger partial charge is 0.253 e. The Labute approximate surface area is 131 Å². The predicted molar refractivity (Wildman–Crippen MR) is 85.7 cm³/mol. The van der Waals surface area contributed by atoms with E-state index in [0.717, 1.165) is 18.5 Å². The summed E-state index contributed by atoms with van der Waals surface area (Å²) < 4.78 is 0. The molecule has 1 saturated heterocycles. The second-order valence-electron chi connectivity index (χ2n) is 6.07. The van der Waals surface area contributed by atoms with E-state index in [1.54, 1.807) is 6.07 Å². The topological polar surface area (TPSA) is 46.3 Å². The number of hydrogen-bond donors (Lipinski definition) is 1. The molecule has 0 radical (unpaired) electrons. The minimum absolute atomic E-state index is 0. The second-order valence-corrected chi connectivity index (χ2v) is 6.48. The molecule has 1 aliphatic rings. The van der Waals surface area contributed by atoms with Crippen LogP contribution in [0.2, 0.25) is 5.02 Å². The molecule has 3 nitrogen and oxygen atoms in total. The van der Waals surface area contributed by atoms with E-state index in [9.17, 15) is 4.79 Å². The van der Waals surface area contributed by atoms with Crippen LogP contribution in [0.4, 0.5) is 0 Å². The van der Waals surface area contributed by atoms with Gasteiger partial charge in [-0.1, -0.05) is 31.5 Å². The molecule has 1 aromatic carbocycles. The lowest BCUT2D eigenvalue weighted by Crippen LogP contribution is -2.54. The Bertz CT molecular complexity index is 503. The first kappa shape index (κ1) is 17.3. The number of carbonyl (C=O) groups excluding carboxylic acids is 1. The number of rotatable bonds is 1. The van der Waals surface area contributed by atoms with Crippen LogP contribution in [0, 0.1) is 12.3 Å². The Morgan fingerprint density at radius 2 is 2.10 bits per heavy atom. The first-order valence-corrected chi connectivity index (χ1v) is 7.00. The summed E-state index contributed by atoms with van der Waals surface area (Å²) in [7, 11) is 0. The number of hydrogen-bond acceptors (Lipinski definition) is 2. The van der Waals surface area contributed by atoms with Crippen LogP contribution in [-0.2, 0) is 0 Å². The van der Waals surface area contributed by atoms with Crippen molar-refractivity contribution in [1.29, 1.82) is 0 Å². The number of aryl methyl sites for hydroxylation is 1. The summed E-state index contributed by atoms with van der Waals surface area (Å²) in [6.07, 6.45) is 0.846. The molecule has 2 N–H and O–H groups in total. The number of halogens is 2. The van der Waals surface area contributed by atoms with Crippen molar-refractivity contribution in [2.45, 2.75) is 33.2 Å². The summed E-state index contributed by atoms with van der Waals surface area (Å²) in [4.78, 5) is 14.4. The summed E-state index contributed by atoms with van der Waals surface area (Å²) in [5.74, 6) is 0.0434. The van der Waals surface area contributed by atoms with Crippen molar-refractivity contribution in [3.63, 3.8) is 0 Å². The molecular weight excluding hydrogens is 295 g/mol. The van der Waals surface area contributed by atoms with Gasteiger partial charge in [0.05, 0.1) is 0 Å². The standard InChI is InChI=1S/C15H21ClN2O.ClH/c1-10-4-5-11(8-12(10)16)14(19)18-7-6-13(17)15(2,3)9-18;/h4-5,8,13H,6-7,9,17H2,1-3H3;1H. The molecule has 0 spiro atoms. The maximum atomic E-state index is 12.5. The Morgan fingerprint density at radius 1 is 1.45 bits per heavy atom. The SMILES string of the molecule is Cc1ccc(C(=O)N2CCC(N)C(C)(C)C2)cc1Cl.Cl. The number of amides is 1. The summed E-state index contributed by atoms with van der Waals surface area (Å²) in [6, 6.07) is 5.63. The van der Waals surface area contributed by atoms with Gasteiger partial charge in [0.2, 0.25) is 0 Å². The van der Waals surface area contributed by atoms with Crippen LogP contribution < -0.4 is 5.73 Å². The van der Waals surface area contributed by atoms with Crippen LogP contribution in [0.1, 0.15) is 36.2 Å². The van der Waals surface area contributed by atoms with Crippen LogP contribution >= 0.6 is 24.0 Å². The highest BCUT2D eigenvalue weighted by atomic mass is 35.5. The van der Waals surface area contributed by atoms with Gasteiger partial charge in [0.15, 0.2) is 0 Å². The fraction of sp³-hybridized carbons (Fsp3) is 0.533. The Kier molecular flexibility index (Phi) is 5.47. The van der Waals surface area contributed by atoms with E-state index in [2.05, 4.69) is 13.8 Å². The molecule has 1 aromatic rings. The Hall–Kier alpha value is -0.770. The van der Waals surface area contributed by atoms with Crippen molar-refractivity contribution in [3.8, 4) is 0 Å². The highest BCUT2D eigenvalue weighted by Gasteiger charge is 2.35. The van der Waals surface area contributed by atoms with Gasteiger partial charge in [-0.3, -0.25) is 4.79 Å². The van der Waals surface area contributed by atoms with Crippen LogP contribution in [0.15, 0.2) is 18.2 Å². The third-order valence-electron chi connectivity index (χ3n) is 4.02. The maximum Gasteiger partial charge on any atom is 0.253 e. The monoisotopic (exact) mass is 316 g/mol. The fourth-order valence-electron chi connectivity index (χ4n) is 2.46. The molecule has 20 heavy (non-hydrogen) atoms. The van der Waals surface area contributed by atoms with Gasteiger partial charge < -0.3 is 10.6 Å². The molecule has 1 unspecified atom stereocenters. The van der Waals surface area contributed by atoms with Gasteiger partial charge in [-0.25, -0.2) is 0 Å². The summed E-state index contributed by atoms with van der Waals surface area (Å²) in [6.45, 7) is 7.56. The van der Waals surface area contributed by atoms with Crippen LogP contribution in [0.5, 0.6) is 0 Å². The molecule has 0 aliphatic carbocycles. The predicted octanol–water partition coefficient (Wildman–Crippen LogP) is 3.27. The number of benzene rings is 1. The van der Waals surface area contributed by atoms with Gasteiger partial charge in [-0.2, -0.15) is 0 Å². The fourth-order valence-corrected chi connectivity index (χ4v) is 2.64. The van der Waals surface area contributed by atoms with Crippen molar-refractivity contribution < 1.29 is 4.79 Å². The van der Waals surface area contributed by atoms with Gasteiger partial charge in [-0.15, -0.1) is 12.4 Å². The summed E-state index contributed by atoms with van der Waals surface area (Å²) in [5, 5.41) is 0.638. The molecule has 0 aromatic heterocycles. The van der Waals surface area contributed by atoms with Gasteiger partial charge >= 0.3 is 0 Å². The molecule has 1 amide bonds. The third-order valence-corrected chi connectivity index (χ3v) is 4.43. The highest BCUT2D eigenvalue weighted by Crippen LogP contribution is 2.29. The van der Waals surface area contributed by atoms with Crippen molar-refractivity contribution in [3.05, 3.63) is 34.3 Å². The molecule has 1 fully saturated rings. The average molecular weight is 317 g/mol. The number of carbonyl (C=O) groups is 1. The van der Waals surface area contributed by atoms with E-state index in [4.69, 9.17) is 17.3 Å². The molecule has 5 heteroatoms. The lowest BCUT2D eigenvalue weighted by molar-refractivity contribution is 0.0533. The first-order valence-electron chi connectivity index (χ1n) is 6.62. The van der Waals surface area contributed by atoms with E-state index in [-0.39, 0.29) is 29.8 Å².